The number of nitrogens with one attached hydrogen (secondary N) is 1. The van der Waals surface area contributed by atoms with Crippen LogP contribution in [0.15, 0.2) is 42.7 Å². The molecule has 0 spiro atoms. The topological polar surface area (TPSA) is 99.6 Å². The molecule has 1 amide bonds. The number of carbonyl (C=O) groups excluding carboxylic acids is 1. The molecule has 5 rings (SSSR count). The summed E-state index contributed by atoms with van der Waals surface area (Å²) >= 11 is 1.59. The molecular formula is C28H33FN8O2S. The van der Waals surface area contributed by atoms with Crippen LogP contribution >= 0.6 is 11.3 Å². The van der Waals surface area contributed by atoms with Gasteiger partial charge in [-0.05, 0) is 44.5 Å². The van der Waals surface area contributed by atoms with E-state index in [-0.39, 0.29) is 17.7 Å². The third-order valence-corrected chi connectivity index (χ3v) is 7.88. The number of piperazine rings is 1. The first-order chi connectivity index (χ1) is 19.5. The summed E-state index contributed by atoms with van der Waals surface area (Å²) in [6.07, 6.45) is 2.72. The monoisotopic (exact) mass is 564 g/mol. The highest BCUT2D eigenvalue weighted by atomic mass is 32.1. The average molecular weight is 565 g/mol. The van der Waals surface area contributed by atoms with E-state index in [1.807, 2.05) is 37.3 Å². The fourth-order valence-electron chi connectivity index (χ4n) is 4.59. The lowest BCUT2D eigenvalue weighted by atomic mass is 10.1. The lowest BCUT2D eigenvalue weighted by Gasteiger charge is -2.33. The second-order valence-corrected chi connectivity index (χ2v) is 10.4. The Balaban J connectivity index is 1.24. The Morgan fingerprint density at radius 1 is 1.05 bits per heavy atom. The molecule has 210 valence electrons. The Bertz CT molecular complexity index is 1450. The van der Waals surface area contributed by atoms with E-state index in [9.17, 15) is 9.18 Å². The molecule has 0 radical (unpaired) electrons. The number of fused-ring (bicyclic) bond motifs is 1. The van der Waals surface area contributed by atoms with Crippen LogP contribution in [0.2, 0.25) is 0 Å². The second kappa shape index (κ2) is 12.5. The molecule has 12 heteroatoms. The minimum Gasteiger partial charge on any atom is -0.450 e. The summed E-state index contributed by atoms with van der Waals surface area (Å²) in [4.78, 5) is 35.9. The molecule has 0 bridgehead atoms. The van der Waals surface area contributed by atoms with Crippen LogP contribution in [0.5, 0.6) is 0 Å². The maximum Gasteiger partial charge on any atom is 0.409 e. The van der Waals surface area contributed by atoms with Crippen molar-refractivity contribution in [3.05, 3.63) is 54.1 Å². The lowest BCUT2D eigenvalue weighted by Crippen LogP contribution is -2.48. The molecule has 3 aromatic heterocycles. The van der Waals surface area contributed by atoms with E-state index in [0.717, 1.165) is 53.6 Å². The molecule has 1 aliphatic rings. The highest BCUT2D eigenvalue weighted by molar-refractivity contribution is 7.22. The fourth-order valence-corrected chi connectivity index (χ4v) is 5.72. The number of aromatic nitrogens is 4. The van der Waals surface area contributed by atoms with E-state index in [2.05, 4.69) is 43.9 Å². The molecule has 1 fully saturated rings. The number of hydrogen-bond acceptors (Lipinski definition) is 10. The van der Waals surface area contributed by atoms with Gasteiger partial charge in [0.1, 0.15) is 11.5 Å². The maximum absolute atomic E-state index is 14.8. The van der Waals surface area contributed by atoms with Crippen LogP contribution in [0.1, 0.15) is 26.3 Å². The van der Waals surface area contributed by atoms with Crippen LogP contribution in [0.25, 0.3) is 21.5 Å². The highest BCUT2D eigenvalue weighted by Crippen LogP contribution is 2.32. The number of pyridine rings is 1. The van der Waals surface area contributed by atoms with E-state index in [0.29, 0.717) is 31.1 Å². The number of hydrogen-bond donors (Lipinski definition) is 1. The summed E-state index contributed by atoms with van der Waals surface area (Å²) in [7, 11) is 0. The Morgan fingerprint density at radius 3 is 2.55 bits per heavy atom. The second-order valence-electron chi connectivity index (χ2n) is 9.38. The Hall–Kier alpha value is -3.90. The Morgan fingerprint density at radius 2 is 1.85 bits per heavy atom. The maximum atomic E-state index is 14.8. The molecule has 1 saturated heterocycles. The van der Waals surface area contributed by atoms with Crippen molar-refractivity contribution < 1.29 is 13.9 Å². The van der Waals surface area contributed by atoms with Crippen molar-refractivity contribution in [1.29, 1.82) is 0 Å². The van der Waals surface area contributed by atoms with Gasteiger partial charge in [0.2, 0.25) is 5.95 Å². The van der Waals surface area contributed by atoms with Crippen molar-refractivity contribution >= 4 is 44.5 Å². The number of halogens is 1. The largest absolute Gasteiger partial charge is 0.450 e. The van der Waals surface area contributed by atoms with Gasteiger partial charge < -0.3 is 19.9 Å². The number of benzene rings is 1. The van der Waals surface area contributed by atoms with Crippen LogP contribution in [0.3, 0.4) is 0 Å². The molecule has 0 atom stereocenters. The SMILES string of the molecule is CCOC(=O)N1CCN(Cc2ccc(Nc3ncc(F)c(-c4ccc5nc(N(CC)CC)sc5c4)n3)nc2)CC1. The molecule has 1 aliphatic heterocycles. The summed E-state index contributed by atoms with van der Waals surface area (Å²) in [5.74, 6) is 0.333. The van der Waals surface area contributed by atoms with E-state index >= 15 is 0 Å². The molecular weight excluding hydrogens is 531 g/mol. The lowest BCUT2D eigenvalue weighted by molar-refractivity contribution is 0.0778. The summed E-state index contributed by atoms with van der Waals surface area (Å²) in [6.45, 7) is 11.7. The zero-order valence-corrected chi connectivity index (χ0v) is 23.7. The number of nitrogens with zero attached hydrogens (tertiary/aromatic N) is 7. The highest BCUT2D eigenvalue weighted by Gasteiger charge is 2.22. The first-order valence-electron chi connectivity index (χ1n) is 13.5. The van der Waals surface area contributed by atoms with Gasteiger partial charge in [0.05, 0.1) is 23.0 Å². The normalized spacial score (nSPS) is 13.9. The van der Waals surface area contributed by atoms with Crippen molar-refractivity contribution in [3.63, 3.8) is 0 Å². The molecule has 40 heavy (non-hydrogen) atoms. The van der Waals surface area contributed by atoms with Crippen LogP contribution in [-0.2, 0) is 11.3 Å². The summed E-state index contributed by atoms with van der Waals surface area (Å²) < 4.78 is 20.9. The van der Waals surface area contributed by atoms with E-state index in [1.54, 1.807) is 22.4 Å². The molecule has 10 nitrogen and oxygen atoms in total. The molecule has 0 aliphatic carbocycles. The van der Waals surface area contributed by atoms with E-state index in [4.69, 9.17) is 9.72 Å². The van der Waals surface area contributed by atoms with E-state index in [1.165, 1.54) is 6.20 Å². The molecule has 0 unspecified atom stereocenters. The molecule has 4 aromatic rings. The molecule has 4 heterocycles. The van der Waals surface area contributed by atoms with Gasteiger partial charge in [-0.3, -0.25) is 4.90 Å². The van der Waals surface area contributed by atoms with Crippen molar-refractivity contribution in [2.45, 2.75) is 27.3 Å². The number of anilines is 3. The van der Waals surface area contributed by atoms with Crippen molar-refractivity contribution in [1.82, 2.24) is 29.7 Å². The number of amides is 1. The smallest absolute Gasteiger partial charge is 0.409 e. The summed E-state index contributed by atoms with van der Waals surface area (Å²) in [5.41, 5.74) is 2.82. The average Bonchev–Trinajstić information content (AvgIpc) is 3.39. The van der Waals surface area contributed by atoms with Gasteiger partial charge in [-0.15, -0.1) is 0 Å². The standard InChI is InChI=1S/C28H33FN8O2S/c1-4-36(5-2)27-32-22-9-8-20(15-23(22)40-27)25-21(29)17-31-26(34-25)33-24-10-7-19(16-30-24)18-35-11-13-37(14-12-35)28(38)39-6-3/h7-10,15-17H,4-6,11-14,18H2,1-3H3,(H,30,31,33,34). The van der Waals surface area contributed by atoms with Crippen LogP contribution in [0.4, 0.5) is 26.1 Å². The van der Waals surface area contributed by atoms with Crippen LogP contribution in [-0.4, -0.2) is 81.7 Å². The number of ether oxygens (including phenoxy) is 1. The van der Waals surface area contributed by atoms with Crippen LogP contribution in [0, 0.1) is 5.82 Å². The third kappa shape index (κ3) is 6.28. The zero-order valence-electron chi connectivity index (χ0n) is 22.9. The van der Waals surface area contributed by atoms with Crippen molar-refractivity contribution in [2.24, 2.45) is 0 Å². The fraction of sp³-hybridized carbons (Fsp3) is 0.393. The predicted molar refractivity (Wildman–Crippen MR) is 156 cm³/mol. The van der Waals surface area contributed by atoms with E-state index < -0.39 is 5.82 Å². The Labute approximate surface area is 236 Å². The number of thiazole rings is 1. The van der Waals surface area contributed by atoms with Gasteiger partial charge in [0.25, 0.3) is 0 Å². The van der Waals surface area contributed by atoms with Gasteiger partial charge in [0.15, 0.2) is 10.9 Å². The number of carbonyl (C=O) groups is 1. The minimum absolute atomic E-state index is 0.218. The van der Waals surface area contributed by atoms with Crippen molar-refractivity contribution in [2.75, 3.05) is 56.1 Å². The minimum atomic E-state index is -0.496. The molecule has 0 saturated carbocycles. The predicted octanol–water partition coefficient (Wildman–Crippen LogP) is 5.15. The summed E-state index contributed by atoms with van der Waals surface area (Å²) in [5, 5.41) is 4.04. The van der Waals surface area contributed by atoms with Gasteiger partial charge in [-0.25, -0.2) is 29.1 Å². The molecule has 1 N–H and O–H groups in total. The number of rotatable bonds is 9. The van der Waals surface area contributed by atoms with Crippen molar-refractivity contribution in [3.8, 4) is 11.3 Å². The van der Waals surface area contributed by atoms with Gasteiger partial charge in [0, 0.05) is 57.6 Å². The Kier molecular flexibility index (Phi) is 8.66. The quantitative estimate of drug-likeness (QED) is 0.296. The van der Waals surface area contributed by atoms with Gasteiger partial charge in [-0.1, -0.05) is 23.5 Å². The van der Waals surface area contributed by atoms with Gasteiger partial charge >= 0.3 is 6.09 Å². The van der Waals surface area contributed by atoms with Crippen LogP contribution < -0.4 is 10.2 Å². The third-order valence-electron chi connectivity index (χ3n) is 6.80. The molecule has 1 aromatic carbocycles. The van der Waals surface area contributed by atoms with Gasteiger partial charge in [-0.2, -0.15) is 0 Å². The zero-order chi connectivity index (χ0) is 28.1. The first kappa shape index (κ1) is 27.7. The summed E-state index contributed by atoms with van der Waals surface area (Å²) in [6, 6.07) is 9.51. The first-order valence-corrected chi connectivity index (χ1v) is 14.3.